The van der Waals surface area contributed by atoms with Crippen LogP contribution in [0.1, 0.15) is 34.5 Å². The molecule has 1 aromatic heterocycles. The fourth-order valence-corrected chi connectivity index (χ4v) is 6.16. The van der Waals surface area contributed by atoms with Crippen LogP contribution in [-0.4, -0.2) is 74.9 Å². The number of fused-ring (bicyclic) bond motifs is 1. The second-order valence-corrected chi connectivity index (χ2v) is 10.1. The summed E-state index contributed by atoms with van der Waals surface area (Å²) in [4.78, 5) is 21.6. The number of carbonyl (C=O) groups is 1. The van der Waals surface area contributed by atoms with Crippen LogP contribution < -0.4 is 9.64 Å². The molecule has 0 aliphatic carbocycles. The number of pyridine rings is 1. The van der Waals surface area contributed by atoms with Crippen molar-refractivity contribution in [1.82, 2.24) is 14.2 Å². The summed E-state index contributed by atoms with van der Waals surface area (Å²) in [6.45, 7) is 8.28. The van der Waals surface area contributed by atoms with Gasteiger partial charge in [-0.15, -0.1) is 0 Å². The number of benzene rings is 1. The van der Waals surface area contributed by atoms with E-state index >= 15 is 0 Å². The van der Waals surface area contributed by atoms with E-state index in [1.807, 2.05) is 18.2 Å². The summed E-state index contributed by atoms with van der Waals surface area (Å²) in [5.74, 6) is 0.439. The lowest BCUT2D eigenvalue weighted by molar-refractivity contribution is 0.0868. The maximum atomic E-state index is 12.8. The molecule has 2 aliphatic heterocycles. The van der Waals surface area contributed by atoms with Crippen LogP contribution in [0.3, 0.4) is 0 Å². The molecule has 1 amide bonds. The molecule has 1 aromatic carbocycles. The van der Waals surface area contributed by atoms with Crippen LogP contribution in [-0.2, 0) is 10.0 Å². The standard InChI is InChI=1S/C23H30N4O4S/c1-17-16-18(2)24-22-21(17)23(28)27(32(22,29)30)11-7-6-10-25-12-14-26(15-13-25)19-8-4-5-9-20(19)31-3/h4-5,8-9,16H,6-7,10-15H2,1-3H3. The van der Waals surface area contributed by atoms with Crippen molar-refractivity contribution in [2.45, 2.75) is 31.7 Å². The minimum absolute atomic E-state index is 0.0903. The topological polar surface area (TPSA) is 83.1 Å². The van der Waals surface area contributed by atoms with Crippen LogP contribution in [0.15, 0.2) is 35.4 Å². The molecule has 0 saturated carbocycles. The van der Waals surface area contributed by atoms with Crippen LogP contribution in [0.4, 0.5) is 5.69 Å². The number of piperazine rings is 1. The number of rotatable bonds is 7. The summed E-state index contributed by atoms with van der Waals surface area (Å²) in [7, 11) is -2.16. The van der Waals surface area contributed by atoms with Gasteiger partial charge < -0.3 is 9.64 Å². The van der Waals surface area contributed by atoms with Gasteiger partial charge >= 0.3 is 0 Å². The molecule has 0 bridgehead atoms. The van der Waals surface area contributed by atoms with Gasteiger partial charge in [-0.05, 0) is 57.0 Å². The van der Waals surface area contributed by atoms with E-state index in [0.29, 0.717) is 17.7 Å². The quantitative estimate of drug-likeness (QED) is 0.590. The normalized spacial score (nSPS) is 18.2. The lowest BCUT2D eigenvalue weighted by atomic mass is 10.1. The van der Waals surface area contributed by atoms with E-state index in [9.17, 15) is 13.2 Å². The fourth-order valence-electron chi connectivity index (χ4n) is 4.50. The molecule has 0 unspecified atom stereocenters. The van der Waals surface area contributed by atoms with Gasteiger partial charge in [0.05, 0.1) is 18.4 Å². The second-order valence-electron chi connectivity index (χ2n) is 8.35. The first-order valence-corrected chi connectivity index (χ1v) is 12.4. The summed E-state index contributed by atoms with van der Waals surface area (Å²) < 4.78 is 32.1. The number of ether oxygens (including phenoxy) is 1. The highest BCUT2D eigenvalue weighted by molar-refractivity contribution is 7.90. The Bertz CT molecular complexity index is 1110. The highest BCUT2D eigenvalue weighted by atomic mass is 32.2. The van der Waals surface area contributed by atoms with Gasteiger partial charge in [-0.25, -0.2) is 9.29 Å². The molecule has 0 atom stereocenters. The molecule has 8 nitrogen and oxygen atoms in total. The molecule has 4 rings (SSSR count). The third kappa shape index (κ3) is 4.19. The largest absolute Gasteiger partial charge is 0.495 e. The zero-order valence-corrected chi connectivity index (χ0v) is 19.7. The summed E-state index contributed by atoms with van der Waals surface area (Å²) in [5, 5.41) is -0.0903. The number of carbonyl (C=O) groups excluding carboxylic acids is 1. The van der Waals surface area contributed by atoms with E-state index in [2.05, 4.69) is 20.9 Å². The van der Waals surface area contributed by atoms with Crippen molar-refractivity contribution in [2.75, 3.05) is 51.3 Å². The molecular formula is C23H30N4O4S. The van der Waals surface area contributed by atoms with Gasteiger partial charge in [0.25, 0.3) is 15.9 Å². The molecule has 0 spiro atoms. The Morgan fingerprint density at radius 2 is 1.72 bits per heavy atom. The number of methoxy groups -OCH3 is 1. The summed E-state index contributed by atoms with van der Waals surface area (Å²) >= 11 is 0. The Hall–Kier alpha value is -2.65. The zero-order valence-electron chi connectivity index (χ0n) is 18.9. The molecule has 32 heavy (non-hydrogen) atoms. The first kappa shape index (κ1) is 22.5. The summed E-state index contributed by atoms with van der Waals surface area (Å²) in [6, 6.07) is 9.81. The molecule has 2 aromatic rings. The minimum atomic E-state index is -3.85. The van der Waals surface area contributed by atoms with E-state index in [1.165, 1.54) is 0 Å². The predicted molar refractivity (Wildman–Crippen MR) is 123 cm³/mol. The van der Waals surface area contributed by atoms with Crippen molar-refractivity contribution in [3.63, 3.8) is 0 Å². The second kappa shape index (κ2) is 9.07. The van der Waals surface area contributed by atoms with Crippen LogP contribution in [0.5, 0.6) is 5.75 Å². The van der Waals surface area contributed by atoms with E-state index in [-0.39, 0.29) is 17.1 Å². The number of para-hydroxylation sites is 2. The smallest absolute Gasteiger partial charge is 0.285 e. The van der Waals surface area contributed by atoms with Gasteiger partial charge in [-0.3, -0.25) is 9.69 Å². The molecule has 2 aliphatic rings. The maximum absolute atomic E-state index is 12.8. The molecule has 0 N–H and O–H groups in total. The molecule has 172 valence electrons. The van der Waals surface area contributed by atoms with Gasteiger partial charge in [0, 0.05) is 38.4 Å². The van der Waals surface area contributed by atoms with Gasteiger partial charge in [-0.2, -0.15) is 8.42 Å². The Labute approximate surface area is 189 Å². The number of anilines is 1. The molecule has 9 heteroatoms. The number of nitrogens with zero attached hydrogens (tertiary/aromatic N) is 4. The van der Waals surface area contributed by atoms with Gasteiger partial charge in [-0.1, -0.05) is 12.1 Å². The lowest BCUT2D eigenvalue weighted by Gasteiger charge is -2.36. The maximum Gasteiger partial charge on any atom is 0.285 e. The molecular weight excluding hydrogens is 428 g/mol. The first-order chi connectivity index (χ1) is 15.3. The number of hydrogen-bond donors (Lipinski definition) is 0. The number of aryl methyl sites for hydroxylation is 2. The Kier molecular flexibility index (Phi) is 6.39. The number of sulfonamides is 1. The SMILES string of the molecule is COc1ccccc1N1CCN(CCCCN2C(=O)c3c(C)cc(C)nc3S2(=O)=O)CC1. The lowest BCUT2D eigenvalue weighted by Crippen LogP contribution is -2.46. The van der Waals surface area contributed by atoms with Crippen molar-refractivity contribution in [1.29, 1.82) is 0 Å². The third-order valence-electron chi connectivity index (χ3n) is 6.17. The van der Waals surface area contributed by atoms with E-state index in [1.54, 1.807) is 27.0 Å². The van der Waals surface area contributed by atoms with Gasteiger partial charge in [0.2, 0.25) is 0 Å². The van der Waals surface area contributed by atoms with Crippen molar-refractivity contribution in [2.24, 2.45) is 0 Å². The average Bonchev–Trinajstić information content (AvgIpc) is 2.97. The Morgan fingerprint density at radius 1 is 1.03 bits per heavy atom. The molecule has 1 fully saturated rings. The summed E-state index contributed by atoms with van der Waals surface area (Å²) in [5.41, 5.74) is 2.61. The number of amides is 1. The summed E-state index contributed by atoms with van der Waals surface area (Å²) in [6.07, 6.45) is 1.46. The first-order valence-electron chi connectivity index (χ1n) is 11.0. The van der Waals surface area contributed by atoms with Crippen LogP contribution in [0.25, 0.3) is 0 Å². The van der Waals surface area contributed by atoms with Gasteiger partial charge in [0.15, 0.2) is 5.03 Å². The number of aromatic nitrogens is 1. The zero-order chi connectivity index (χ0) is 22.9. The van der Waals surface area contributed by atoms with Crippen LogP contribution >= 0.6 is 0 Å². The van der Waals surface area contributed by atoms with Crippen LogP contribution in [0.2, 0.25) is 0 Å². The highest BCUT2D eigenvalue weighted by Gasteiger charge is 2.43. The minimum Gasteiger partial charge on any atom is -0.495 e. The number of unbranched alkanes of at least 4 members (excludes halogenated alkanes) is 1. The highest BCUT2D eigenvalue weighted by Crippen LogP contribution is 2.32. The number of hydrogen-bond acceptors (Lipinski definition) is 7. The van der Waals surface area contributed by atoms with Crippen molar-refractivity contribution in [3.8, 4) is 5.75 Å². The predicted octanol–water partition coefficient (Wildman–Crippen LogP) is 2.45. The van der Waals surface area contributed by atoms with Crippen molar-refractivity contribution < 1.29 is 17.9 Å². The third-order valence-corrected chi connectivity index (χ3v) is 7.88. The molecule has 3 heterocycles. The Morgan fingerprint density at radius 3 is 2.44 bits per heavy atom. The van der Waals surface area contributed by atoms with Crippen LogP contribution in [0, 0.1) is 13.8 Å². The van der Waals surface area contributed by atoms with Crippen molar-refractivity contribution in [3.05, 3.63) is 47.2 Å². The van der Waals surface area contributed by atoms with E-state index in [4.69, 9.17) is 4.74 Å². The van der Waals surface area contributed by atoms with E-state index in [0.717, 1.165) is 54.9 Å². The average molecular weight is 459 g/mol. The molecule has 1 saturated heterocycles. The van der Waals surface area contributed by atoms with Crippen molar-refractivity contribution >= 4 is 21.6 Å². The van der Waals surface area contributed by atoms with E-state index < -0.39 is 15.9 Å². The molecule has 0 radical (unpaired) electrons. The fraction of sp³-hybridized carbons (Fsp3) is 0.478. The monoisotopic (exact) mass is 458 g/mol. The Balaban J connectivity index is 1.28. The van der Waals surface area contributed by atoms with Gasteiger partial charge in [0.1, 0.15) is 5.75 Å².